The summed E-state index contributed by atoms with van der Waals surface area (Å²) in [4.78, 5) is 6.90. The minimum absolute atomic E-state index is 0.594. The summed E-state index contributed by atoms with van der Waals surface area (Å²) in [6.45, 7) is 4.30. The van der Waals surface area contributed by atoms with E-state index in [0.29, 0.717) is 6.04 Å². The molecule has 3 heteroatoms. The number of nitrogens with one attached hydrogen (secondary N) is 1. The smallest absolute Gasteiger partial charge is 0.0723 e. The van der Waals surface area contributed by atoms with Gasteiger partial charge in [-0.25, -0.2) is 0 Å². The van der Waals surface area contributed by atoms with Crippen LogP contribution in [0.5, 0.6) is 0 Å². The van der Waals surface area contributed by atoms with E-state index in [1.54, 1.807) is 0 Å². The van der Waals surface area contributed by atoms with Gasteiger partial charge in [0.15, 0.2) is 0 Å². The van der Waals surface area contributed by atoms with Crippen LogP contribution in [-0.2, 0) is 0 Å². The van der Waals surface area contributed by atoms with Crippen molar-refractivity contribution in [2.45, 2.75) is 19.4 Å². The number of aryl methyl sites for hydroxylation is 1. The molecule has 94 valence electrons. The molecule has 0 unspecified atom stereocenters. The van der Waals surface area contributed by atoms with Crippen LogP contribution < -0.4 is 10.2 Å². The first-order valence-electron chi connectivity index (χ1n) is 6.54. The molecule has 0 spiro atoms. The zero-order valence-corrected chi connectivity index (χ0v) is 11.0. The van der Waals surface area contributed by atoms with Crippen LogP contribution >= 0.6 is 0 Å². The van der Waals surface area contributed by atoms with Gasteiger partial charge in [0.05, 0.1) is 5.52 Å². The largest absolute Gasteiger partial charge is 0.370 e. The molecule has 1 aromatic carbocycles. The summed E-state index contributed by atoms with van der Waals surface area (Å²) >= 11 is 0. The van der Waals surface area contributed by atoms with Crippen molar-refractivity contribution in [3.8, 4) is 0 Å². The van der Waals surface area contributed by atoms with Crippen molar-refractivity contribution in [2.75, 3.05) is 25.0 Å². The molecule has 2 aromatic rings. The number of pyridine rings is 1. The van der Waals surface area contributed by atoms with Crippen LogP contribution in [0.1, 0.15) is 12.0 Å². The van der Waals surface area contributed by atoms with E-state index in [2.05, 4.69) is 53.4 Å². The number of likely N-dealkylation sites (N-methyl/N-ethyl adjacent to an activating group) is 1. The van der Waals surface area contributed by atoms with Crippen molar-refractivity contribution >= 4 is 16.6 Å². The van der Waals surface area contributed by atoms with E-state index >= 15 is 0 Å². The molecular formula is C15H19N3. The number of aromatic nitrogens is 1. The average Bonchev–Trinajstić information content (AvgIpc) is 2.91. The molecule has 18 heavy (non-hydrogen) atoms. The van der Waals surface area contributed by atoms with Crippen molar-refractivity contribution in [3.63, 3.8) is 0 Å². The van der Waals surface area contributed by atoms with Crippen molar-refractivity contribution in [1.82, 2.24) is 10.3 Å². The molecule has 0 bridgehead atoms. The topological polar surface area (TPSA) is 28.2 Å². The minimum Gasteiger partial charge on any atom is -0.370 e. The maximum Gasteiger partial charge on any atom is 0.0723 e. The van der Waals surface area contributed by atoms with Gasteiger partial charge in [0.2, 0.25) is 0 Å². The van der Waals surface area contributed by atoms with E-state index in [1.807, 2.05) is 6.20 Å². The third kappa shape index (κ3) is 1.95. The first kappa shape index (κ1) is 11.5. The van der Waals surface area contributed by atoms with Crippen molar-refractivity contribution in [1.29, 1.82) is 0 Å². The first-order valence-corrected chi connectivity index (χ1v) is 6.54. The van der Waals surface area contributed by atoms with Crippen molar-refractivity contribution in [3.05, 3.63) is 36.0 Å². The molecule has 0 amide bonds. The van der Waals surface area contributed by atoms with E-state index in [9.17, 15) is 0 Å². The molecule has 1 aliphatic rings. The predicted octanol–water partition coefficient (Wildman–Crippen LogP) is 2.34. The Morgan fingerprint density at radius 2 is 2.28 bits per heavy atom. The zero-order valence-electron chi connectivity index (χ0n) is 11.0. The highest BCUT2D eigenvalue weighted by atomic mass is 15.2. The third-order valence-corrected chi connectivity index (χ3v) is 3.80. The molecular weight excluding hydrogens is 222 g/mol. The number of anilines is 1. The van der Waals surface area contributed by atoms with Gasteiger partial charge in [-0.2, -0.15) is 0 Å². The number of nitrogens with zero attached hydrogens (tertiary/aromatic N) is 2. The van der Waals surface area contributed by atoms with Crippen LogP contribution in [0.3, 0.4) is 0 Å². The maximum absolute atomic E-state index is 4.51. The van der Waals surface area contributed by atoms with Crippen LogP contribution in [0, 0.1) is 6.92 Å². The van der Waals surface area contributed by atoms with Gasteiger partial charge in [-0.15, -0.1) is 0 Å². The fourth-order valence-electron chi connectivity index (χ4n) is 2.71. The molecule has 1 atom stereocenters. The molecule has 1 saturated heterocycles. The highest BCUT2D eigenvalue weighted by Crippen LogP contribution is 2.27. The SMILES string of the molecule is Cc1cnc2cccc(N(C)[C@H]3CCNC3)c2c1. The summed E-state index contributed by atoms with van der Waals surface area (Å²) in [5.74, 6) is 0. The number of hydrogen-bond donors (Lipinski definition) is 1. The zero-order chi connectivity index (χ0) is 12.5. The first-order chi connectivity index (χ1) is 8.75. The highest BCUT2D eigenvalue weighted by Gasteiger charge is 2.20. The summed E-state index contributed by atoms with van der Waals surface area (Å²) in [6, 6.07) is 9.20. The number of hydrogen-bond acceptors (Lipinski definition) is 3. The molecule has 1 N–H and O–H groups in total. The second-order valence-electron chi connectivity index (χ2n) is 5.11. The summed E-state index contributed by atoms with van der Waals surface area (Å²) < 4.78 is 0. The minimum atomic E-state index is 0.594. The Morgan fingerprint density at radius 3 is 3.06 bits per heavy atom. The molecule has 1 fully saturated rings. The molecule has 1 aliphatic heterocycles. The summed E-state index contributed by atoms with van der Waals surface area (Å²) in [7, 11) is 2.19. The lowest BCUT2D eigenvalue weighted by molar-refractivity contribution is 0.687. The van der Waals surface area contributed by atoms with Crippen LogP contribution in [-0.4, -0.2) is 31.2 Å². The van der Waals surface area contributed by atoms with E-state index in [0.717, 1.165) is 18.6 Å². The summed E-state index contributed by atoms with van der Waals surface area (Å²) in [6.07, 6.45) is 3.15. The number of benzene rings is 1. The van der Waals surface area contributed by atoms with E-state index in [-0.39, 0.29) is 0 Å². The summed E-state index contributed by atoms with van der Waals surface area (Å²) in [5, 5.41) is 4.68. The van der Waals surface area contributed by atoms with E-state index in [1.165, 1.54) is 23.1 Å². The Bertz CT molecular complexity index is 559. The van der Waals surface area contributed by atoms with Crippen molar-refractivity contribution in [2.24, 2.45) is 0 Å². The second-order valence-corrected chi connectivity index (χ2v) is 5.11. The van der Waals surface area contributed by atoms with Gasteiger partial charge in [0.1, 0.15) is 0 Å². The standard InChI is InChI=1S/C15H19N3/c1-11-8-13-14(17-9-11)4-3-5-15(13)18(2)12-6-7-16-10-12/h3-5,8-9,12,16H,6-7,10H2,1-2H3/t12-/m0/s1. The average molecular weight is 241 g/mol. The normalized spacial score (nSPS) is 19.3. The Labute approximate surface area is 108 Å². The monoisotopic (exact) mass is 241 g/mol. The fourth-order valence-corrected chi connectivity index (χ4v) is 2.71. The Balaban J connectivity index is 2.07. The number of rotatable bonds is 2. The lowest BCUT2D eigenvalue weighted by Crippen LogP contribution is -2.33. The Morgan fingerprint density at radius 1 is 1.39 bits per heavy atom. The molecule has 0 saturated carbocycles. The molecule has 2 heterocycles. The molecule has 3 rings (SSSR count). The van der Waals surface area contributed by atoms with Crippen molar-refractivity contribution < 1.29 is 0 Å². The fraction of sp³-hybridized carbons (Fsp3) is 0.400. The van der Waals surface area contributed by atoms with Crippen LogP contribution in [0.4, 0.5) is 5.69 Å². The van der Waals surface area contributed by atoms with Crippen LogP contribution in [0.25, 0.3) is 10.9 Å². The van der Waals surface area contributed by atoms with Crippen LogP contribution in [0.15, 0.2) is 30.5 Å². The number of fused-ring (bicyclic) bond motifs is 1. The summed E-state index contributed by atoms with van der Waals surface area (Å²) in [5.41, 5.74) is 3.58. The van der Waals surface area contributed by atoms with Gasteiger partial charge >= 0.3 is 0 Å². The Hall–Kier alpha value is -1.61. The van der Waals surface area contributed by atoms with E-state index in [4.69, 9.17) is 0 Å². The Kier molecular flexibility index (Phi) is 2.92. The van der Waals surface area contributed by atoms with Crippen LogP contribution in [0.2, 0.25) is 0 Å². The van der Waals surface area contributed by atoms with Gasteiger partial charge in [-0.1, -0.05) is 6.07 Å². The predicted molar refractivity (Wildman–Crippen MR) is 76.2 cm³/mol. The van der Waals surface area contributed by atoms with E-state index < -0.39 is 0 Å². The quantitative estimate of drug-likeness (QED) is 0.874. The van der Waals surface area contributed by atoms with Gasteiger partial charge < -0.3 is 10.2 Å². The lowest BCUT2D eigenvalue weighted by Gasteiger charge is -2.27. The molecule has 1 aromatic heterocycles. The third-order valence-electron chi connectivity index (χ3n) is 3.80. The molecule has 0 aliphatic carbocycles. The molecule has 3 nitrogen and oxygen atoms in total. The van der Waals surface area contributed by atoms with Gasteiger partial charge in [-0.3, -0.25) is 4.98 Å². The van der Waals surface area contributed by atoms with Gasteiger partial charge in [-0.05, 0) is 43.7 Å². The molecule has 0 radical (unpaired) electrons. The van der Waals surface area contributed by atoms with Gasteiger partial charge in [0.25, 0.3) is 0 Å². The maximum atomic E-state index is 4.51. The second kappa shape index (κ2) is 4.58. The van der Waals surface area contributed by atoms with Gasteiger partial charge in [0, 0.05) is 36.9 Å². The lowest BCUT2D eigenvalue weighted by atomic mass is 10.1. The highest BCUT2D eigenvalue weighted by molar-refractivity contribution is 5.92.